The summed E-state index contributed by atoms with van der Waals surface area (Å²) in [5.41, 5.74) is 5.39. The molecule has 0 radical (unpaired) electrons. The van der Waals surface area contributed by atoms with Crippen molar-refractivity contribution < 1.29 is 37.6 Å². The highest BCUT2D eigenvalue weighted by molar-refractivity contribution is 7.47. The van der Waals surface area contributed by atoms with E-state index in [1.54, 1.807) is 0 Å². The fourth-order valence-electron chi connectivity index (χ4n) is 9.88. The first kappa shape index (κ1) is 74.2. The van der Waals surface area contributed by atoms with Gasteiger partial charge < -0.3 is 20.1 Å². The number of esters is 2. The van der Waals surface area contributed by atoms with Crippen molar-refractivity contribution in [2.24, 2.45) is 5.73 Å². The fourth-order valence-corrected chi connectivity index (χ4v) is 10.6. The molecule has 0 bridgehead atoms. The van der Waals surface area contributed by atoms with Gasteiger partial charge in [-0.1, -0.05) is 314 Å². The summed E-state index contributed by atoms with van der Waals surface area (Å²) in [6.45, 7) is 3.80. The van der Waals surface area contributed by atoms with E-state index in [0.29, 0.717) is 6.42 Å². The Hall–Kier alpha value is -1.77. The van der Waals surface area contributed by atoms with Crippen molar-refractivity contribution in [2.75, 3.05) is 26.4 Å². The molecule has 0 aromatic carbocycles. The van der Waals surface area contributed by atoms with Crippen LogP contribution in [0, 0.1) is 0 Å². The third-order valence-electron chi connectivity index (χ3n) is 14.8. The molecule has 0 rings (SSSR count). The molecule has 0 aliphatic heterocycles. The number of rotatable bonds is 63. The lowest BCUT2D eigenvalue weighted by molar-refractivity contribution is -0.161. The molecule has 0 fully saturated rings. The molecular weight excluding hydrogens is 966 g/mol. The Morgan fingerprint density at radius 3 is 1.01 bits per heavy atom. The summed E-state index contributed by atoms with van der Waals surface area (Å²) in [5, 5.41) is 0. The molecule has 448 valence electrons. The highest BCUT2D eigenvalue weighted by Gasteiger charge is 2.26. The van der Waals surface area contributed by atoms with Crippen LogP contribution in [0.25, 0.3) is 0 Å². The summed E-state index contributed by atoms with van der Waals surface area (Å²) >= 11 is 0. The second-order valence-corrected chi connectivity index (χ2v) is 23.8. The molecule has 0 amide bonds. The molecule has 0 aliphatic rings. The molecule has 9 nitrogen and oxygen atoms in total. The highest BCUT2D eigenvalue weighted by Crippen LogP contribution is 2.43. The maximum atomic E-state index is 12.7. The lowest BCUT2D eigenvalue weighted by Gasteiger charge is -2.19. The fraction of sp³-hybridized carbons (Fsp3) is 0.879. The van der Waals surface area contributed by atoms with Crippen molar-refractivity contribution in [3.63, 3.8) is 0 Å². The molecule has 2 unspecified atom stereocenters. The largest absolute Gasteiger partial charge is 0.472 e. The van der Waals surface area contributed by atoms with Crippen LogP contribution in [0.4, 0.5) is 0 Å². The van der Waals surface area contributed by atoms with Gasteiger partial charge in [0.15, 0.2) is 6.10 Å². The Bertz CT molecular complexity index is 1340. The van der Waals surface area contributed by atoms with E-state index in [1.807, 2.05) is 0 Å². The SMILES string of the molecule is CCCCCCC/C=C\C/C=C\C/C=C\CCCCCCCCCCCCCCCCCCCCCCCCC(=O)OC(COC(=O)CCCCCCCCCCCCCCCCCCCC)COP(=O)(O)OCCN. The van der Waals surface area contributed by atoms with E-state index >= 15 is 0 Å². The van der Waals surface area contributed by atoms with Gasteiger partial charge in [-0.3, -0.25) is 18.6 Å². The number of hydrogen-bond donors (Lipinski definition) is 2. The number of phosphoric acid groups is 1. The molecule has 3 N–H and O–H groups in total. The van der Waals surface area contributed by atoms with Gasteiger partial charge in [0.1, 0.15) is 6.61 Å². The Morgan fingerprint density at radius 1 is 0.395 bits per heavy atom. The van der Waals surface area contributed by atoms with Gasteiger partial charge in [0, 0.05) is 19.4 Å². The van der Waals surface area contributed by atoms with E-state index in [2.05, 4.69) is 50.3 Å². The van der Waals surface area contributed by atoms with Gasteiger partial charge in [-0.25, -0.2) is 4.57 Å². The average Bonchev–Trinajstić information content (AvgIpc) is 3.41. The molecule has 10 heteroatoms. The Labute approximate surface area is 471 Å². The minimum Gasteiger partial charge on any atom is -0.462 e. The van der Waals surface area contributed by atoms with E-state index < -0.39 is 26.5 Å². The first-order valence-corrected chi connectivity index (χ1v) is 34.5. The molecule has 2 atom stereocenters. The van der Waals surface area contributed by atoms with Crippen molar-refractivity contribution in [1.82, 2.24) is 0 Å². The standard InChI is InChI=1S/C66H126NO8P/c1-3-5-7-9-11-13-15-17-19-21-23-24-25-26-27-28-29-30-31-32-33-34-35-36-37-38-39-40-41-43-45-47-49-51-53-55-57-59-66(69)75-64(63-74-76(70,71)73-61-60-67)62-72-65(68)58-56-54-52-50-48-46-44-42-22-20-18-16-14-12-10-8-6-4-2/h15,17,21,23,25-26,64H,3-14,16,18-20,22,24,27-63,67H2,1-2H3,(H,70,71)/b17-15-,23-21-,26-25-. The molecule has 0 spiro atoms. The lowest BCUT2D eigenvalue weighted by atomic mass is 10.0. The first-order chi connectivity index (χ1) is 37.3. The summed E-state index contributed by atoms with van der Waals surface area (Å²) in [6.07, 6.45) is 76.6. The molecule has 0 aliphatic carbocycles. The van der Waals surface area contributed by atoms with Gasteiger partial charge in [-0.15, -0.1) is 0 Å². The zero-order valence-electron chi connectivity index (χ0n) is 50.3. The van der Waals surface area contributed by atoms with Crippen LogP contribution in [-0.2, 0) is 32.7 Å². The number of ether oxygens (including phenoxy) is 2. The Kier molecular flexibility index (Phi) is 61.0. The summed E-state index contributed by atoms with van der Waals surface area (Å²) in [7, 11) is -4.38. The average molecular weight is 1090 g/mol. The summed E-state index contributed by atoms with van der Waals surface area (Å²) < 4.78 is 33.1. The van der Waals surface area contributed by atoms with Crippen LogP contribution in [0.1, 0.15) is 341 Å². The maximum absolute atomic E-state index is 12.7. The van der Waals surface area contributed by atoms with Gasteiger partial charge in [0.2, 0.25) is 0 Å². The predicted octanol–water partition coefficient (Wildman–Crippen LogP) is 21.1. The van der Waals surface area contributed by atoms with Gasteiger partial charge >= 0.3 is 19.8 Å². The van der Waals surface area contributed by atoms with Crippen LogP contribution in [-0.4, -0.2) is 49.3 Å². The second-order valence-electron chi connectivity index (χ2n) is 22.3. The normalized spacial score (nSPS) is 13.2. The van der Waals surface area contributed by atoms with Crippen LogP contribution >= 0.6 is 7.82 Å². The lowest BCUT2D eigenvalue weighted by Crippen LogP contribution is -2.29. The summed E-state index contributed by atoms with van der Waals surface area (Å²) in [6, 6.07) is 0. The second kappa shape index (κ2) is 62.4. The van der Waals surface area contributed by atoms with Crippen molar-refractivity contribution in [1.29, 1.82) is 0 Å². The number of unbranched alkanes of at least 4 members (excludes halogenated alkanes) is 44. The summed E-state index contributed by atoms with van der Waals surface area (Å²) in [4.78, 5) is 35.2. The topological polar surface area (TPSA) is 134 Å². The smallest absolute Gasteiger partial charge is 0.462 e. The number of nitrogens with two attached hydrogens (primary N) is 1. The maximum Gasteiger partial charge on any atom is 0.472 e. The quantitative estimate of drug-likeness (QED) is 0.0264. The molecule has 0 aromatic heterocycles. The Morgan fingerprint density at radius 2 is 0.684 bits per heavy atom. The first-order valence-electron chi connectivity index (χ1n) is 33.0. The van der Waals surface area contributed by atoms with E-state index in [-0.39, 0.29) is 38.6 Å². The number of carbonyl (C=O) groups excluding carboxylic acids is 2. The van der Waals surface area contributed by atoms with Crippen LogP contribution < -0.4 is 5.73 Å². The zero-order chi connectivity index (χ0) is 55.2. The summed E-state index contributed by atoms with van der Waals surface area (Å²) in [5.74, 6) is -0.806. The van der Waals surface area contributed by atoms with Crippen molar-refractivity contribution in [2.45, 2.75) is 347 Å². The van der Waals surface area contributed by atoms with Gasteiger partial charge in [0.25, 0.3) is 0 Å². The van der Waals surface area contributed by atoms with Crippen molar-refractivity contribution in [3.05, 3.63) is 36.5 Å². The molecule has 0 saturated carbocycles. The number of phosphoric ester groups is 1. The molecule has 0 saturated heterocycles. The van der Waals surface area contributed by atoms with Crippen LogP contribution in [0.5, 0.6) is 0 Å². The van der Waals surface area contributed by atoms with Crippen LogP contribution in [0.2, 0.25) is 0 Å². The Balaban J connectivity index is 3.79. The predicted molar refractivity (Wildman–Crippen MR) is 326 cm³/mol. The van der Waals surface area contributed by atoms with Crippen molar-refractivity contribution >= 4 is 19.8 Å². The van der Waals surface area contributed by atoms with Crippen LogP contribution in [0.15, 0.2) is 36.5 Å². The molecule has 0 aromatic rings. The minimum absolute atomic E-state index is 0.0565. The van der Waals surface area contributed by atoms with Crippen LogP contribution in [0.3, 0.4) is 0 Å². The number of allylic oxidation sites excluding steroid dienone is 6. The minimum atomic E-state index is -4.38. The molecule has 76 heavy (non-hydrogen) atoms. The van der Waals surface area contributed by atoms with E-state index in [1.165, 1.54) is 263 Å². The van der Waals surface area contributed by atoms with Crippen molar-refractivity contribution in [3.8, 4) is 0 Å². The zero-order valence-corrected chi connectivity index (χ0v) is 51.2. The molecular formula is C66H126NO8P. The van der Waals surface area contributed by atoms with E-state index in [0.717, 1.165) is 44.9 Å². The highest BCUT2D eigenvalue weighted by atomic mass is 31.2. The number of hydrogen-bond acceptors (Lipinski definition) is 8. The third-order valence-corrected chi connectivity index (χ3v) is 15.8. The van der Waals surface area contributed by atoms with Gasteiger partial charge in [-0.05, 0) is 51.4 Å². The van der Waals surface area contributed by atoms with Gasteiger partial charge in [0.05, 0.1) is 13.2 Å². The number of carbonyl (C=O) groups is 2. The van der Waals surface area contributed by atoms with Gasteiger partial charge in [-0.2, -0.15) is 0 Å². The molecule has 0 heterocycles. The monoisotopic (exact) mass is 1090 g/mol. The van der Waals surface area contributed by atoms with E-state index in [4.69, 9.17) is 24.3 Å². The third kappa shape index (κ3) is 61.4. The van der Waals surface area contributed by atoms with E-state index in [9.17, 15) is 19.0 Å².